The molecular weight excluding hydrogens is 226 g/mol. The summed E-state index contributed by atoms with van der Waals surface area (Å²) in [6.45, 7) is 2.67. The van der Waals surface area contributed by atoms with Crippen LogP contribution in [0.25, 0.3) is 0 Å². The highest BCUT2D eigenvalue weighted by Crippen LogP contribution is 2.11. The third-order valence-corrected chi connectivity index (χ3v) is 3.49. The van der Waals surface area contributed by atoms with E-state index in [0.717, 1.165) is 19.5 Å². The molecule has 2 N–H and O–H groups in total. The summed E-state index contributed by atoms with van der Waals surface area (Å²) in [6, 6.07) is 4.54. The molecule has 0 radical (unpaired) electrons. The lowest BCUT2D eigenvalue weighted by Crippen LogP contribution is -2.35. The highest BCUT2D eigenvalue weighted by Gasteiger charge is 2.13. The van der Waals surface area contributed by atoms with Crippen molar-refractivity contribution < 1.29 is 4.79 Å². The molecule has 2 rings (SSSR count). The van der Waals surface area contributed by atoms with Gasteiger partial charge in [0, 0.05) is 37.9 Å². The van der Waals surface area contributed by atoms with Gasteiger partial charge < -0.3 is 15.2 Å². The fraction of sp³-hybridized carbons (Fsp3) is 0.643. The van der Waals surface area contributed by atoms with E-state index in [1.165, 1.54) is 19.3 Å². The molecule has 0 saturated carbocycles. The van der Waals surface area contributed by atoms with E-state index in [9.17, 15) is 4.79 Å². The maximum absolute atomic E-state index is 11.7. The van der Waals surface area contributed by atoms with Gasteiger partial charge in [0.1, 0.15) is 0 Å². The second-order valence-corrected chi connectivity index (χ2v) is 4.96. The van der Waals surface area contributed by atoms with E-state index in [2.05, 4.69) is 15.2 Å². The highest BCUT2D eigenvalue weighted by atomic mass is 16.1. The Labute approximate surface area is 109 Å². The molecule has 18 heavy (non-hydrogen) atoms. The minimum Gasteiger partial charge on any atom is -0.354 e. The van der Waals surface area contributed by atoms with Crippen molar-refractivity contribution in [3.05, 3.63) is 24.5 Å². The van der Waals surface area contributed by atoms with Crippen molar-refractivity contribution in [1.82, 2.24) is 15.2 Å². The predicted molar refractivity (Wildman–Crippen MR) is 72.3 cm³/mol. The molecule has 1 aromatic heterocycles. The second kappa shape index (κ2) is 7.21. The van der Waals surface area contributed by atoms with Crippen LogP contribution in [0, 0.1) is 0 Å². The van der Waals surface area contributed by atoms with Gasteiger partial charge in [0.05, 0.1) is 0 Å². The number of hydrogen-bond donors (Lipinski definition) is 2. The van der Waals surface area contributed by atoms with E-state index in [1.54, 1.807) is 0 Å². The molecule has 1 atom stereocenters. The molecule has 4 nitrogen and oxygen atoms in total. The van der Waals surface area contributed by atoms with Crippen molar-refractivity contribution in [2.45, 2.75) is 44.7 Å². The quantitative estimate of drug-likeness (QED) is 0.803. The van der Waals surface area contributed by atoms with Crippen LogP contribution in [-0.2, 0) is 11.3 Å². The van der Waals surface area contributed by atoms with E-state index in [1.807, 2.05) is 24.5 Å². The first-order valence-electron chi connectivity index (χ1n) is 6.95. The Kier molecular flexibility index (Phi) is 5.27. The van der Waals surface area contributed by atoms with Gasteiger partial charge in [-0.15, -0.1) is 0 Å². The molecule has 1 aliphatic heterocycles. The molecule has 1 amide bonds. The molecule has 2 heterocycles. The molecule has 0 aromatic carbocycles. The van der Waals surface area contributed by atoms with E-state index in [-0.39, 0.29) is 5.91 Å². The Bertz CT molecular complexity index is 342. The lowest BCUT2D eigenvalue weighted by atomic mass is 10.0. The molecular formula is C14H23N3O. The summed E-state index contributed by atoms with van der Waals surface area (Å²) in [5.74, 6) is 0.175. The fourth-order valence-electron chi connectivity index (χ4n) is 2.41. The number of aromatic nitrogens is 1. The zero-order valence-electron chi connectivity index (χ0n) is 10.9. The molecule has 0 spiro atoms. The van der Waals surface area contributed by atoms with Gasteiger partial charge in [-0.05, 0) is 37.9 Å². The summed E-state index contributed by atoms with van der Waals surface area (Å²) in [6.07, 6.45) is 9.43. The van der Waals surface area contributed by atoms with Crippen molar-refractivity contribution in [3.63, 3.8) is 0 Å². The number of piperidine rings is 1. The summed E-state index contributed by atoms with van der Waals surface area (Å²) in [4.78, 5) is 11.7. The fourth-order valence-corrected chi connectivity index (χ4v) is 2.41. The normalized spacial score (nSPS) is 19.7. The number of nitrogens with one attached hydrogen (secondary N) is 2. The molecule has 100 valence electrons. The SMILES string of the molecule is O=C(CCC1CCCCN1)NCCn1cccc1. The molecule has 1 unspecified atom stereocenters. The minimum atomic E-state index is 0.175. The lowest BCUT2D eigenvalue weighted by Gasteiger charge is -2.23. The first-order chi connectivity index (χ1) is 8.84. The van der Waals surface area contributed by atoms with Gasteiger partial charge in [-0.3, -0.25) is 4.79 Å². The number of hydrogen-bond acceptors (Lipinski definition) is 2. The summed E-state index contributed by atoms with van der Waals surface area (Å²) < 4.78 is 2.07. The Morgan fingerprint density at radius 3 is 2.89 bits per heavy atom. The number of carbonyl (C=O) groups is 1. The Hall–Kier alpha value is -1.29. The predicted octanol–water partition coefficient (Wildman–Crippen LogP) is 1.53. The standard InChI is InChI=1S/C14H23N3O/c18-14(7-6-13-5-1-2-8-15-13)16-9-12-17-10-3-4-11-17/h3-4,10-11,13,15H,1-2,5-9,12H2,(H,16,18). The van der Waals surface area contributed by atoms with Crippen molar-refractivity contribution in [2.24, 2.45) is 0 Å². The third-order valence-electron chi connectivity index (χ3n) is 3.49. The van der Waals surface area contributed by atoms with E-state index in [0.29, 0.717) is 19.0 Å². The summed E-state index contributed by atoms with van der Waals surface area (Å²) in [7, 11) is 0. The maximum atomic E-state index is 11.7. The van der Waals surface area contributed by atoms with Crippen LogP contribution >= 0.6 is 0 Å². The minimum absolute atomic E-state index is 0.175. The van der Waals surface area contributed by atoms with Crippen molar-refractivity contribution in [3.8, 4) is 0 Å². The smallest absolute Gasteiger partial charge is 0.220 e. The first kappa shape index (κ1) is 13.1. The van der Waals surface area contributed by atoms with Crippen molar-refractivity contribution in [2.75, 3.05) is 13.1 Å². The van der Waals surface area contributed by atoms with Crippen LogP contribution in [0.1, 0.15) is 32.1 Å². The molecule has 1 saturated heterocycles. The first-order valence-corrected chi connectivity index (χ1v) is 6.95. The van der Waals surface area contributed by atoms with Gasteiger partial charge in [0.2, 0.25) is 5.91 Å². The lowest BCUT2D eigenvalue weighted by molar-refractivity contribution is -0.121. The van der Waals surface area contributed by atoms with E-state index in [4.69, 9.17) is 0 Å². The maximum Gasteiger partial charge on any atom is 0.220 e. The molecule has 0 bridgehead atoms. The molecule has 4 heteroatoms. The third kappa shape index (κ3) is 4.53. The largest absolute Gasteiger partial charge is 0.354 e. The number of nitrogens with zero attached hydrogens (tertiary/aromatic N) is 1. The monoisotopic (exact) mass is 249 g/mol. The average molecular weight is 249 g/mol. The van der Waals surface area contributed by atoms with Gasteiger partial charge in [-0.2, -0.15) is 0 Å². The van der Waals surface area contributed by atoms with Gasteiger partial charge in [0.25, 0.3) is 0 Å². The molecule has 0 aliphatic carbocycles. The van der Waals surface area contributed by atoms with Crippen LogP contribution in [0.3, 0.4) is 0 Å². The van der Waals surface area contributed by atoms with Crippen LogP contribution < -0.4 is 10.6 Å². The van der Waals surface area contributed by atoms with Gasteiger partial charge in [-0.25, -0.2) is 0 Å². The van der Waals surface area contributed by atoms with Crippen LogP contribution in [0.4, 0.5) is 0 Å². The number of carbonyl (C=O) groups excluding carboxylic acids is 1. The van der Waals surface area contributed by atoms with Crippen LogP contribution in [-0.4, -0.2) is 29.6 Å². The summed E-state index contributed by atoms with van der Waals surface area (Å²) in [5, 5.41) is 6.44. The highest BCUT2D eigenvalue weighted by molar-refractivity contribution is 5.75. The van der Waals surface area contributed by atoms with Crippen LogP contribution in [0.15, 0.2) is 24.5 Å². The second-order valence-electron chi connectivity index (χ2n) is 4.96. The van der Waals surface area contributed by atoms with Crippen LogP contribution in [0.2, 0.25) is 0 Å². The number of rotatable bonds is 6. The zero-order chi connectivity index (χ0) is 12.6. The average Bonchev–Trinajstić information content (AvgIpc) is 2.91. The summed E-state index contributed by atoms with van der Waals surface area (Å²) >= 11 is 0. The van der Waals surface area contributed by atoms with Crippen molar-refractivity contribution in [1.29, 1.82) is 0 Å². The van der Waals surface area contributed by atoms with Gasteiger partial charge in [0.15, 0.2) is 0 Å². The van der Waals surface area contributed by atoms with Gasteiger partial charge in [-0.1, -0.05) is 6.42 Å². The molecule has 1 aromatic rings. The Balaban J connectivity index is 1.54. The summed E-state index contributed by atoms with van der Waals surface area (Å²) in [5.41, 5.74) is 0. The van der Waals surface area contributed by atoms with Gasteiger partial charge >= 0.3 is 0 Å². The van der Waals surface area contributed by atoms with E-state index >= 15 is 0 Å². The van der Waals surface area contributed by atoms with Crippen LogP contribution in [0.5, 0.6) is 0 Å². The van der Waals surface area contributed by atoms with E-state index < -0.39 is 0 Å². The van der Waals surface area contributed by atoms with Crippen molar-refractivity contribution >= 4 is 5.91 Å². The number of amides is 1. The Morgan fingerprint density at radius 1 is 1.33 bits per heavy atom. The Morgan fingerprint density at radius 2 is 2.17 bits per heavy atom. The molecule has 1 fully saturated rings. The zero-order valence-corrected chi connectivity index (χ0v) is 10.9. The topological polar surface area (TPSA) is 46.1 Å². The molecule has 1 aliphatic rings.